The third-order valence-corrected chi connectivity index (χ3v) is 3.05. The minimum atomic E-state index is 0.540. The summed E-state index contributed by atoms with van der Waals surface area (Å²) in [6.45, 7) is 4.28. The van der Waals surface area contributed by atoms with Crippen LogP contribution in [0, 0.1) is 0 Å². The van der Waals surface area contributed by atoms with Gasteiger partial charge in [-0.3, -0.25) is 4.98 Å². The normalized spacial score (nSPS) is 9.95. The molecule has 0 saturated carbocycles. The van der Waals surface area contributed by atoms with Crippen LogP contribution in [0.4, 0.5) is 5.82 Å². The van der Waals surface area contributed by atoms with Crippen molar-refractivity contribution in [3.63, 3.8) is 0 Å². The van der Waals surface area contributed by atoms with Crippen LogP contribution >= 0.6 is 0 Å². The van der Waals surface area contributed by atoms with E-state index in [1.165, 1.54) is 0 Å². The van der Waals surface area contributed by atoms with Gasteiger partial charge in [0.25, 0.3) is 0 Å². The molecule has 116 valence electrons. The van der Waals surface area contributed by atoms with Gasteiger partial charge in [-0.1, -0.05) is 6.08 Å². The Kier molecular flexibility index (Phi) is 5.19. The van der Waals surface area contributed by atoms with Crippen LogP contribution in [-0.4, -0.2) is 37.8 Å². The molecule has 2 aromatic rings. The molecule has 6 heteroatoms. The molecule has 0 atom stereocenters. The molecular weight excluding hydrogens is 282 g/mol. The lowest BCUT2D eigenvalue weighted by Gasteiger charge is -2.15. The zero-order chi connectivity index (χ0) is 15.9. The fourth-order valence-electron chi connectivity index (χ4n) is 2.07. The summed E-state index contributed by atoms with van der Waals surface area (Å²) in [7, 11) is 4.72. The zero-order valence-electron chi connectivity index (χ0n) is 12.9. The molecule has 22 heavy (non-hydrogen) atoms. The topological polar surface area (TPSA) is 65.5 Å². The smallest absolute Gasteiger partial charge is 0.203 e. The second-order valence-corrected chi connectivity index (χ2v) is 4.34. The molecule has 1 aromatic heterocycles. The Morgan fingerprint density at radius 1 is 1.05 bits per heavy atom. The third-order valence-electron chi connectivity index (χ3n) is 3.05. The predicted octanol–water partition coefficient (Wildman–Crippen LogP) is 2.77. The summed E-state index contributed by atoms with van der Waals surface area (Å²) >= 11 is 0. The van der Waals surface area contributed by atoms with Crippen molar-refractivity contribution in [1.82, 2.24) is 9.97 Å². The van der Waals surface area contributed by atoms with Crippen LogP contribution in [0.25, 0.3) is 11.3 Å². The average Bonchev–Trinajstić information content (AvgIpc) is 2.58. The average molecular weight is 301 g/mol. The van der Waals surface area contributed by atoms with E-state index >= 15 is 0 Å². The maximum absolute atomic E-state index is 5.37. The molecule has 1 aromatic carbocycles. The van der Waals surface area contributed by atoms with Gasteiger partial charge in [-0.05, 0) is 12.1 Å². The number of anilines is 1. The molecule has 0 amide bonds. The number of methoxy groups -OCH3 is 3. The Hall–Kier alpha value is -2.76. The molecule has 0 aliphatic heterocycles. The Morgan fingerprint density at radius 3 is 2.23 bits per heavy atom. The molecule has 0 fully saturated rings. The molecule has 6 nitrogen and oxygen atoms in total. The van der Waals surface area contributed by atoms with Crippen LogP contribution in [0.5, 0.6) is 17.2 Å². The van der Waals surface area contributed by atoms with Gasteiger partial charge in [0.05, 0.1) is 21.3 Å². The number of aromatic nitrogens is 2. The van der Waals surface area contributed by atoms with E-state index < -0.39 is 0 Å². The first-order chi connectivity index (χ1) is 10.7. The third kappa shape index (κ3) is 3.11. The van der Waals surface area contributed by atoms with Gasteiger partial charge < -0.3 is 19.5 Å². The zero-order valence-corrected chi connectivity index (χ0v) is 12.9. The van der Waals surface area contributed by atoms with Crippen molar-refractivity contribution in [2.45, 2.75) is 0 Å². The molecular formula is C16H19N3O3. The summed E-state index contributed by atoms with van der Waals surface area (Å²) in [6.07, 6.45) is 5.03. The van der Waals surface area contributed by atoms with Gasteiger partial charge in [0.1, 0.15) is 5.69 Å². The van der Waals surface area contributed by atoms with E-state index in [1.54, 1.807) is 39.8 Å². The first-order valence-electron chi connectivity index (χ1n) is 6.71. The number of rotatable bonds is 7. The van der Waals surface area contributed by atoms with Crippen LogP contribution in [0.3, 0.4) is 0 Å². The summed E-state index contributed by atoms with van der Waals surface area (Å²) in [5.41, 5.74) is 1.51. The standard InChI is InChI=1S/C16H19N3O3/c1-5-6-18-16-14(17-7-8-19-16)11-9-12(20-2)15(22-4)13(10-11)21-3/h5,7-10H,1,6H2,2-4H3,(H,18,19). The van der Waals surface area contributed by atoms with Crippen molar-refractivity contribution in [2.75, 3.05) is 33.2 Å². The van der Waals surface area contributed by atoms with Crippen molar-refractivity contribution >= 4 is 5.82 Å². The second kappa shape index (κ2) is 7.31. The largest absolute Gasteiger partial charge is 0.493 e. The maximum Gasteiger partial charge on any atom is 0.203 e. The van der Waals surface area contributed by atoms with Gasteiger partial charge in [0.15, 0.2) is 17.3 Å². The summed E-state index contributed by atoms with van der Waals surface area (Å²) in [5.74, 6) is 2.34. The van der Waals surface area contributed by atoms with Crippen LogP contribution < -0.4 is 19.5 Å². The van der Waals surface area contributed by atoms with Crippen molar-refractivity contribution in [3.8, 4) is 28.5 Å². The number of benzene rings is 1. The predicted molar refractivity (Wildman–Crippen MR) is 85.8 cm³/mol. The van der Waals surface area contributed by atoms with Crippen molar-refractivity contribution in [2.24, 2.45) is 0 Å². The minimum Gasteiger partial charge on any atom is -0.493 e. The molecule has 0 bridgehead atoms. The summed E-state index contributed by atoms with van der Waals surface area (Å²) in [4.78, 5) is 8.71. The molecule has 0 spiro atoms. The van der Waals surface area contributed by atoms with Gasteiger partial charge in [0.2, 0.25) is 5.75 Å². The fraction of sp³-hybridized carbons (Fsp3) is 0.250. The lowest BCUT2D eigenvalue weighted by atomic mass is 10.1. The lowest BCUT2D eigenvalue weighted by molar-refractivity contribution is 0.324. The van der Waals surface area contributed by atoms with E-state index in [-0.39, 0.29) is 0 Å². The highest BCUT2D eigenvalue weighted by atomic mass is 16.5. The van der Waals surface area contributed by atoms with Crippen LogP contribution in [-0.2, 0) is 0 Å². The van der Waals surface area contributed by atoms with Crippen LogP contribution in [0.2, 0.25) is 0 Å². The molecule has 1 N–H and O–H groups in total. The van der Waals surface area contributed by atoms with Gasteiger partial charge >= 0.3 is 0 Å². The van der Waals surface area contributed by atoms with Gasteiger partial charge in [-0.25, -0.2) is 4.98 Å². The van der Waals surface area contributed by atoms with Crippen LogP contribution in [0.15, 0.2) is 37.2 Å². The van der Waals surface area contributed by atoms with Crippen LogP contribution in [0.1, 0.15) is 0 Å². The number of hydrogen-bond donors (Lipinski definition) is 1. The molecule has 2 rings (SSSR count). The maximum atomic E-state index is 5.37. The number of nitrogens with one attached hydrogen (secondary N) is 1. The number of nitrogens with zero attached hydrogens (tertiary/aromatic N) is 2. The van der Waals surface area contributed by atoms with Gasteiger partial charge in [0, 0.05) is 24.5 Å². The molecule has 0 unspecified atom stereocenters. The number of hydrogen-bond acceptors (Lipinski definition) is 6. The highest BCUT2D eigenvalue weighted by molar-refractivity contribution is 5.75. The highest BCUT2D eigenvalue weighted by Gasteiger charge is 2.16. The first kappa shape index (κ1) is 15.6. The lowest BCUT2D eigenvalue weighted by Crippen LogP contribution is -2.04. The van der Waals surface area contributed by atoms with Crippen molar-refractivity contribution < 1.29 is 14.2 Å². The Bertz CT molecular complexity index is 634. The first-order valence-corrected chi connectivity index (χ1v) is 6.71. The van der Waals surface area contributed by atoms with Crippen molar-refractivity contribution in [1.29, 1.82) is 0 Å². The summed E-state index contributed by atoms with van der Waals surface area (Å²) < 4.78 is 16.1. The Balaban J connectivity index is 2.55. The van der Waals surface area contributed by atoms with Gasteiger partial charge in [-0.15, -0.1) is 6.58 Å². The fourth-order valence-corrected chi connectivity index (χ4v) is 2.07. The van der Waals surface area contributed by atoms with E-state index in [9.17, 15) is 0 Å². The number of ether oxygens (including phenoxy) is 3. The molecule has 0 aliphatic carbocycles. The molecule has 0 saturated heterocycles. The van der Waals surface area contributed by atoms with E-state index in [0.717, 1.165) is 5.56 Å². The van der Waals surface area contributed by atoms with E-state index in [0.29, 0.717) is 35.3 Å². The van der Waals surface area contributed by atoms with E-state index in [2.05, 4.69) is 21.9 Å². The molecule has 1 heterocycles. The molecule has 0 radical (unpaired) electrons. The molecule has 0 aliphatic rings. The SMILES string of the molecule is C=CCNc1nccnc1-c1cc(OC)c(OC)c(OC)c1. The highest BCUT2D eigenvalue weighted by Crippen LogP contribution is 2.41. The van der Waals surface area contributed by atoms with Gasteiger partial charge in [-0.2, -0.15) is 0 Å². The Labute approximate surface area is 129 Å². The van der Waals surface area contributed by atoms with Crippen molar-refractivity contribution in [3.05, 3.63) is 37.2 Å². The van der Waals surface area contributed by atoms with E-state index in [4.69, 9.17) is 14.2 Å². The Morgan fingerprint density at radius 2 is 1.68 bits per heavy atom. The van der Waals surface area contributed by atoms with E-state index in [1.807, 2.05) is 12.1 Å². The second-order valence-electron chi connectivity index (χ2n) is 4.34. The summed E-state index contributed by atoms with van der Waals surface area (Å²) in [6, 6.07) is 3.68. The quantitative estimate of drug-likeness (QED) is 0.793. The summed E-state index contributed by atoms with van der Waals surface area (Å²) in [5, 5.41) is 3.16. The monoisotopic (exact) mass is 301 g/mol. The minimum absolute atomic E-state index is 0.540.